The van der Waals surface area contributed by atoms with Crippen molar-refractivity contribution >= 4 is 47.4 Å². The van der Waals surface area contributed by atoms with Crippen LogP contribution in [-0.4, -0.2) is 45.3 Å². The molecule has 5 nitrogen and oxygen atoms in total. The molecule has 0 spiro atoms. The number of methoxy groups -OCH3 is 1. The maximum absolute atomic E-state index is 5.55. The van der Waals surface area contributed by atoms with Gasteiger partial charge in [0.25, 0.3) is 0 Å². The van der Waals surface area contributed by atoms with Gasteiger partial charge in [0.2, 0.25) is 0 Å². The molecule has 0 aromatic heterocycles. The highest BCUT2D eigenvalue weighted by atomic mass is 127. The Morgan fingerprint density at radius 2 is 2.10 bits per heavy atom. The van der Waals surface area contributed by atoms with Crippen LogP contribution in [0.25, 0.3) is 0 Å². The number of halogens is 1. The zero-order valence-electron chi connectivity index (χ0n) is 12.9. The molecular formula is C14H24IN3O2S. The van der Waals surface area contributed by atoms with Crippen molar-refractivity contribution in [2.75, 3.05) is 44.6 Å². The van der Waals surface area contributed by atoms with E-state index in [-0.39, 0.29) is 24.0 Å². The molecule has 0 amide bonds. The summed E-state index contributed by atoms with van der Waals surface area (Å²) in [6.45, 7) is 3.41. The third-order valence-corrected chi connectivity index (χ3v) is 3.16. The largest absolute Gasteiger partial charge is 0.493 e. The average molecular weight is 425 g/mol. The second-order valence-electron chi connectivity index (χ2n) is 3.92. The number of nitrogens with zero attached hydrogens (tertiary/aromatic N) is 1. The summed E-state index contributed by atoms with van der Waals surface area (Å²) in [5.74, 6) is 3.22. The van der Waals surface area contributed by atoms with Crippen LogP contribution >= 0.6 is 35.7 Å². The van der Waals surface area contributed by atoms with Gasteiger partial charge >= 0.3 is 0 Å². The molecule has 0 aliphatic carbocycles. The number of nitrogens with one attached hydrogen (secondary N) is 2. The number of hydrogen-bond donors (Lipinski definition) is 2. The van der Waals surface area contributed by atoms with E-state index >= 15 is 0 Å². The summed E-state index contributed by atoms with van der Waals surface area (Å²) >= 11 is 1.79. The molecule has 0 radical (unpaired) electrons. The van der Waals surface area contributed by atoms with Crippen molar-refractivity contribution in [3.05, 3.63) is 18.2 Å². The maximum Gasteiger partial charge on any atom is 0.195 e. The van der Waals surface area contributed by atoms with E-state index in [0.29, 0.717) is 6.61 Å². The van der Waals surface area contributed by atoms with Crippen LogP contribution in [0, 0.1) is 0 Å². The van der Waals surface area contributed by atoms with Gasteiger partial charge in [-0.3, -0.25) is 4.99 Å². The highest BCUT2D eigenvalue weighted by Gasteiger charge is 2.06. The zero-order valence-corrected chi connectivity index (χ0v) is 16.1. The first-order valence-electron chi connectivity index (χ1n) is 6.52. The minimum atomic E-state index is 0. The molecule has 0 fully saturated rings. The average Bonchev–Trinajstić information content (AvgIpc) is 2.47. The highest BCUT2D eigenvalue weighted by Crippen LogP contribution is 2.30. The third-order valence-electron chi connectivity index (χ3n) is 2.55. The smallest absolute Gasteiger partial charge is 0.195 e. The lowest BCUT2D eigenvalue weighted by molar-refractivity contribution is 0.311. The number of ether oxygens (including phenoxy) is 2. The molecule has 0 saturated heterocycles. The molecule has 0 heterocycles. The summed E-state index contributed by atoms with van der Waals surface area (Å²) in [6.07, 6.45) is 2.08. The Morgan fingerprint density at radius 1 is 1.33 bits per heavy atom. The van der Waals surface area contributed by atoms with Crippen LogP contribution in [0.5, 0.6) is 11.5 Å². The van der Waals surface area contributed by atoms with E-state index in [4.69, 9.17) is 9.47 Å². The van der Waals surface area contributed by atoms with Gasteiger partial charge in [0.1, 0.15) is 0 Å². The summed E-state index contributed by atoms with van der Waals surface area (Å²) in [5.41, 5.74) is 0.909. The summed E-state index contributed by atoms with van der Waals surface area (Å²) in [7, 11) is 3.38. The first-order chi connectivity index (χ1) is 9.74. The molecule has 0 aliphatic rings. The van der Waals surface area contributed by atoms with Gasteiger partial charge < -0.3 is 20.1 Å². The lowest BCUT2D eigenvalue weighted by Gasteiger charge is -2.14. The summed E-state index contributed by atoms with van der Waals surface area (Å²) in [5, 5.41) is 6.48. The summed E-state index contributed by atoms with van der Waals surface area (Å²) < 4.78 is 10.8. The van der Waals surface area contributed by atoms with Crippen LogP contribution in [0.1, 0.15) is 6.92 Å². The predicted molar refractivity (Wildman–Crippen MR) is 103 cm³/mol. The molecule has 0 unspecified atom stereocenters. The number of anilines is 1. The third kappa shape index (κ3) is 7.12. The van der Waals surface area contributed by atoms with E-state index in [9.17, 15) is 0 Å². The molecule has 0 atom stereocenters. The Kier molecular flexibility index (Phi) is 11.3. The summed E-state index contributed by atoms with van der Waals surface area (Å²) in [4.78, 5) is 4.19. The molecule has 1 aromatic carbocycles. The van der Waals surface area contributed by atoms with E-state index < -0.39 is 0 Å². The first-order valence-corrected chi connectivity index (χ1v) is 7.92. The fourth-order valence-corrected chi connectivity index (χ4v) is 1.92. The predicted octanol–water partition coefficient (Wildman–Crippen LogP) is 3.06. The SMILES string of the molecule is CCOc1cc(NC(=NC)NCCSC)ccc1OC.I. The van der Waals surface area contributed by atoms with Crippen molar-refractivity contribution < 1.29 is 9.47 Å². The lowest BCUT2D eigenvalue weighted by Crippen LogP contribution is -2.32. The second-order valence-corrected chi connectivity index (χ2v) is 4.90. The molecule has 0 aliphatic heterocycles. The number of thioether (sulfide) groups is 1. The monoisotopic (exact) mass is 425 g/mol. The van der Waals surface area contributed by atoms with Gasteiger partial charge in [-0.1, -0.05) is 0 Å². The molecule has 2 N–H and O–H groups in total. The van der Waals surface area contributed by atoms with Crippen LogP contribution in [-0.2, 0) is 0 Å². The topological polar surface area (TPSA) is 54.9 Å². The fourth-order valence-electron chi connectivity index (χ4n) is 1.61. The second kappa shape index (κ2) is 11.8. The van der Waals surface area contributed by atoms with Crippen molar-refractivity contribution in [3.63, 3.8) is 0 Å². The molecule has 0 bridgehead atoms. The number of aliphatic imine (C=N–C) groups is 1. The Bertz CT molecular complexity index is 444. The van der Waals surface area contributed by atoms with Gasteiger partial charge in [-0.15, -0.1) is 24.0 Å². The van der Waals surface area contributed by atoms with Crippen LogP contribution in [0.2, 0.25) is 0 Å². The van der Waals surface area contributed by atoms with Crippen molar-refractivity contribution in [1.29, 1.82) is 0 Å². The Labute approximate surface area is 148 Å². The number of rotatable bonds is 7. The Balaban J connectivity index is 0.00000400. The quantitative estimate of drug-likeness (QED) is 0.305. The van der Waals surface area contributed by atoms with Crippen molar-refractivity contribution in [2.24, 2.45) is 4.99 Å². The van der Waals surface area contributed by atoms with Crippen molar-refractivity contribution in [1.82, 2.24) is 5.32 Å². The number of benzene rings is 1. The maximum atomic E-state index is 5.55. The van der Waals surface area contributed by atoms with Gasteiger partial charge in [0.05, 0.1) is 13.7 Å². The van der Waals surface area contributed by atoms with Crippen LogP contribution in [0.4, 0.5) is 5.69 Å². The van der Waals surface area contributed by atoms with Gasteiger partial charge in [0.15, 0.2) is 17.5 Å². The van der Waals surface area contributed by atoms with Crippen LogP contribution < -0.4 is 20.1 Å². The number of hydrogen-bond acceptors (Lipinski definition) is 4. The summed E-state index contributed by atoms with van der Waals surface area (Å²) in [6, 6.07) is 5.72. The molecule has 1 rings (SSSR count). The van der Waals surface area contributed by atoms with E-state index in [1.165, 1.54) is 0 Å². The molecule has 1 aromatic rings. The van der Waals surface area contributed by atoms with Crippen LogP contribution in [0.3, 0.4) is 0 Å². The fraction of sp³-hybridized carbons (Fsp3) is 0.500. The normalized spacial score (nSPS) is 10.6. The van der Waals surface area contributed by atoms with E-state index in [2.05, 4.69) is 21.9 Å². The molecule has 7 heteroatoms. The van der Waals surface area contributed by atoms with E-state index in [1.807, 2.05) is 25.1 Å². The molecule has 120 valence electrons. The molecule has 0 saturated carbocycles. The number of guanidine groups is 1. The van der Waals surface area contributed by atoms with E-state index in [0.717, 1.165) is 35.4 Å². The highest BCUT2D eigenvalue weighted by molar-refractivity contribution is 14.0. The minimum absolute atomic E-state index is 0. The van der Waals surface area contributed by atoms with Crippen molar-refractivity contribution in [2.45, 2.75) is 6.92 Å². The molecular weight excluding hydrogens is 401 g/mol. The van der Waals surface area contributed by atoms with E-state index in [1.54, 1.807) is 25.9 Å². The van der Waals surface area contributed by atoms with Gasteiger partial charge in [-0.05, 0) is 25.3 Å². The lowest BCUT2D eigenvalue weighted by atomic mass is 10.2. The van der Waals surface area contributed by atoms with Gasteiger partial charge in [-0.25, -0.2) is 0 Å². The molecule has 21 heavy (non-hydrogen) atoms. The Morgan fingerprint density at radius 3 is 2.67 bits per heavy atom. The first kappa shape index (κ1) is 20.2. The van der Waals surface area contributed by atoms with Crippen LogP contribution in [0.15, 0.2) is 23.2 Å². The van der Waals surface area contributed by atoms with Gasteiger partial charge in [-0.2, -0.15) is 11.8 Å². The zero-order chi connectivity index (χ0) is 14.8. The standard InChI is InChI=1S/C14H23N3O2S.HI/c1-5-19-13-10-11(6-7-12(13)18-3)17-14(15-2)16-8-9-20-4;/h6-7,10H,5,8-9H2,1-4H3,(H2,15,16,17);1H. The minimum Gasteiger partial charge on any atom is -0.493 e. The Hall–Kier alpha value is -0.830. The van der Waals surface area contributed by atoms with Gasteiger partial charge in [0, 0.05) is 31.1 Å². The van der Waals surface area contributed by atoms with Crippen molar-refractivity contribution in [3.8, 4) is 11.5 Å².